The van der Waals surface area contributed by atoms with Crippen molar-refractivity contribution >= 4 is 28.9 Å². The molecule has 0 spiro atoms. The van der Waals surface area contributed by atoms with Crippen molar-refractivity contribution in [3.8, 4) is 5.75 Å². The van der Waals surface area contributed by atoms with E-state index in [2.05, 4.69) is 20.7 Å². The molecule has 0 atom stereocenters. The van der Waals surface area contributed by atoms with Crippen molar-refractivity contribution in [3.05, 3.63) is 35.1 Å². The molecule has 4 N–H and O–H groups in total. The van der Waals surface area contributed by atoms with E-state index >= 15 is 0 Å². The Morgan fingerprint density at radius 3 is 2.63 bits per heavy atom. The van der Waals surface area contributed by atoms with Crippen molar-refractivity contribution in [1.82, 2.24) is 9.97 Å². The summed E-state index contributed by atoms with van der Waals surface area (Å²) in [4.78, 5) is 8.37. The molecular weight excluding hydrogens is 266 g/mol. The van der Waals surface area contributed by atoms with Gasteiger partial charge in [-0.25, -0.2) is 15.8 Å². The Hall–Kier alpha value is -2.05. The topological polar surface area (TPSA) is 85.1 Å². The third-order valence-electron chi connectivity index (χ3n) is 2.41. The van der Waals surface area contributed by atoms with Gasteiger partial charge in [0, 0.05) is 17.8 Å². The molecule has 0 radical (unpaired) electrons. The van der Waals surface area contributed by atoms with Crippen LogP contribution in [-0.2, 0) is 0 Å². The highest BCUT2D eigenvalue weighted by atomic mass is 35.5. The first kappa shape index (κ1) is 13.4. The number of hydrazine groups is 1. The maximum absolute atomic E-state index is 5.97. The molecule has 2 rings (SSSR count). The molecule has 1 heterocycles. The summed E-state index contributed by atoms with van der Waals surface area (Å²) in [5.41, 5.74) is 3.30. The summed E-state index contributed by atoms with van der Waals surface area (Å²) >= 11 is 5.97. The third kappa shape index (κ3) is 3.24. The van der Waals surface area contributed by atoms with Crippen LogP contribution in [-0.4, -0.2) is 17.1 Å². The van der Waals surface area contributed by atoms with Crippen LogP contribution >= 0.6 is 11.6 Å². The Morgan fingerprint density at radius 1 is 1.21 bits per heavy atom. The highest BCUT2D eigenvalue weighted by Gasteiger charge is 2.05. The van der Waals surface area contributed by atoms with Crippen molar-refractivity contribution in [2.45, 2.75) is 6.92 Å². The first-order valence-electron chi connectivity index (χ1n) is 5.55. The number of benzene rings is 1. The molecule has 100 valence electrons. The lowest BCUT2D eigenvalue weighted by atomic mass is 10.3. The number of anilines is 3. The van der Waals surface area contributed by atoms with Gasteiger partial charge in [-0.05, 0) is 19.1 Å². The molecule has 0 aliphatic carbocycles. The van der Waals surface area contributed by atoms with E-state index in [-0.39, 0.29) is 0 Å². The number of rotatable bonds is 4. The number of aryl methyl sites for hydroxylation is 1. The maximum Gasteiger partial charge on any atom is 0.145 e. The summed E-state index contributed by atoms with van der Waals surface area (Å²) in [7, 11) is 1.57. The van der Waals surface area contributed by atoms with Gasteiger partial charge in [-0.3, -0.25) is 0 Å². The van der Waals surface area contributed by atoms with E-state index in [1.54, 1.807) is 32.2 Å². The highest BCUT2D eigenvalue weighted by Crippen LogP contribution is 2.28. The zero-order valence-corrected chi connectivity index (χ0v) is 11.3. The summed E-state index contributed by atoms with van der Waals surface area (Å²) in [5, 5.41) is 3.69. The number of nitrogens with zero attached hydrogens (tertiary/aromatic N) is 2. The number of ether oxygens (including phenoxy) is 1. The van der Waals surface area contributed by atoms with Gasteiger partial charge in [0.15, 0.2) is 0 Å². The lowest BCUT2D eigenvalue weighted by Gasteiger charge is -2.10. The monoisotopic (exact) mass is 279 g/mol. The van der Waals surface area contributed by atoms with E-state index in [4.69, 9.17) is 22.2 Å². The van der Waals surface area contributed by atoms with E-state index < -0.39 is 0 Å². The number of nitrogen functional groups attached to an aromatic ring is 1. The molecule has 1 aromatic heterocycles. The minimum Gasteiger partial charge on any atom is -0.495 e. The van der Waals surface area contributed by atoms with E-state index in [9.17, 15) is 0 Å². The first-order valence-corrected chi connectivity index (χ1v) is 5.93. The van der Waals surface area contributed by atoms with Gasteiger partial charge in [0.2, 0.25) is 0 Å². The molecule has 0 amide bonds. The molecule has 0 unspecified atom stereocenters. The Kier molecular flexibility index (Phi) is 4.03. The second kappa shape index (κ2) is 5.73. The number of methoxy groups -OCH3 is 1. The number of halogens is 1. The lowest BCUT2D eigenvalue weighted by Crippen LogP contribution is -2.10. The fourth-order valence-corrected chi connectivity index (χ4v) is 1.79. The van der Waals surface area contributed by atoms with Crippen molar-refractivity contribution in [3.63, 3.8) is 0 Å². The van der Waals surface area contributed by atoms with Crippen LogP contribution in [0.2, 0.25) is 5.02 Å². The molecule has 19 heavy (non-hydrogen) atoms. The molecule has 6 nitrogen and oxygen atoms in total. The Bertz CT molecular complexity index is 590. The SMILES string of the molecule is COc1cc(Nc2cc(NN)nc(C)n2)ccc1Cl. The quantitative estimate of drug-likeness (QED) is 0.589. The minimum atomic E-state index is 0.538. The van der Waals surface area contributed by atoms with Crippen LogP contribution in [0.3, 0.4) is 0 Å². The molecule has 0 saturated heterocycles. The van der Waals surface area contributed by atoms with Crippen LogP contribution in [0.25, 0.3) is 0 Å². The number of nitrogens with two attached hydrogens (primary N) is 1. The van der Waals surface area contributed by atoms with Gasteiger partial charge >= 0.3 is 0 Å². The van der Waals surface area contributed by atoms with Crippen LogP contribution in [0, 0.1) is 6.92 Å². The largest absolute Gasteiger partial charge is 0.495 e. The zero-order valence-electron chi connectivity index (χ0n) is 10.6. The molecule has 0 aliphatic rings. The number of aromatic nitrogens is 2. The predicted octanol–water partition coefficient (Wildman–Crippen LogP) is 2.48. The Morgan fingerprint density at radius 2 is 1.95 bits per heavy atom. The number of hydrogen-bond acceptors (Lipinski definition) is 6. The van der Waals surface area contributed by atoms with Crippen molar-refractivity contribution < 1.29 is 4.74 Å². The molecule has 0 fully saturated rings. The Balaban J connectivity index is 2.28. The second-order valence-corrected chi connectivity index (χ2v) is 4.21. The average molecular weight is 280 g/mol. The number of nitrogens with one attached hydrogen (secondary N) is 2. The van der Waals surface area contributed by atoms with Gasteiger partial charge in [0.25, 0.3) is 0 Å². The standard InChI is InChI=1S/C12H14ClN5O/c1-7-15-11(6-12(16-7)18-14)17-8-3-4-9(13)10(5-8)19-2/h3-6H,14H2,1-2H3,(H2,15,16,17,18). The number of hydrogen-bond donors (Lipinski definition) is 3. The van der Waals surface area contributed by atoms with E-state index in [1.165, 1.54) is 0 Å². The summed E-state index contributed by atoms with van der Waals surface area (Å²) in [5.74, 6) is 7.71. The maximum atomic E-state index is 5.97. The third-order valence-corrected chi connectivity index (χ3v) is 2.72. The van der Waals surface area contributed by atoms with Crippen LogP contribution in [0.15, 0.2) is 24.3 Å². The second-order valence-electron chi connectivity index (χ2n) is 3.80. The van der Waals surface area contributed by atoms with Gasteiger partial charge in [-0.2, -0.15) is 0 Å². The van der Waals surface area contributed by atoms with Gasteiger partial charge in [0.05, 0.1) is 12.1 Å². The van der Waals surface area contributed by atoms with Gasteiger partial charge in [-0.15, -0.1) is 0 Å². The van der Waals surface area contributed by atoms with Crippen molar-refractivity contribution in [2.75, 3.05) is 17.9 Å². The zero-order chi connectivity index (χ0) is 13.8. The molecule has 7 heteroatoms. The van der Waals surface area contributed by atoms with Crippen LogP contribution < -0.4 is 21.3 Å². The molecule has 1 aromatic carbocycles. The van der Waals surface area contributed by atoms with E-state index in [0.717, 1.165) is 5.69 Å². The van der Waals surface area contributed by atoms with Crippen molar-refractivity contribution in [1.29, 1.82) is 0 Å². The molecule has 0 saturated carbocycles. The van der Waals surface area contributed by atoms with Crippen LogP contribution in [0.1, 0.15) is 5.82 Å². The summed E-state index contributed by atoms with van der Waals surface area (Å²) in [6.07, 6.45) is 0. The predicted molar refractivity (Wildman–Crippen MR) is 75.9 cm³/mol. The van der Waals surface area contributed by atoms with E-state index in [1.807, 2.05) is 6.07 Å². The molecule has 0 aliphatic heterocycles. The van der Waals surface area contributed by atoms with E-state index in [0.29, 0.717) is 28.2 Å². The smallest absolute Gasteiger partial charge is 0.145 e. The summed E-state index contributed by atoms with van der Waals surface area (Å²) < 4.78 is 5.15. The minimum absolute atomic E-state index is 0.538. The fourth-order valence-electron chi connectivity index (χ4n) is 1.59. The van der Waals surface area contributed by atoms with Gasteiger partial charge in [-0.1, -0.05) is 11.6 Å². The summed E-state index contributed by atoms with van der Waals surface area (Å²) in [6.45, 7) is 1.79. The van der Waals surface area contributed by atoms with Crippen LogP contribution in [0.4, 0.5) is 17.3 Å². The van der Waals surface area contributed by atoms with Gasteiger partial charge < -0.3 is 15.5 Å². The lowest BCUT2D eigenvalue weighted by molar-refractivity contribution is 0.415. The average Bonchev–Trinajstić information content (AvgIpc) is 2.40. The van der Waals surface area contributed by atoms with Crippen LogP contribution in [0.5, 0.6) is 5.75 Å². The molecular formula is C12H14ClN5O. The fraction of sp³-hybridized carbons (Fsp3) is 0.167. The first-order chi connectivity index (χ1) is 9.12. The van der Waals surface area contributed by atoms with Gasteiger partial charge in [0.1, 0.15) is 23.2 Å². The normalized spacial score (nSPS) is 10.1. The molecule has 0 bridgehead atoms. The molecule has 2 aromatic rings. The van der Waals surface area contributed by atoms with Crippen molar-refractivity contribution in [2.24, 2.45) is 5.84 Å². The highest BCUT2D eigenvalue weighted by molar-refractivity contribution is 6.32. The summed E-state index contributed by atoms with van der Waals surface area (Å²) in [6, 6.07) is 7.07. The Labute approximate surface area is 115 Å².